The van der Waals surface area contributed by atoms with Crippen molar-refractivity contribution in [2.45, 2.75) is 49.6 Å². The normalized spacial score (nSPS) is 19.8. The summed E-state index contributed by atoms with van der Waals surface area (Å²) >= 11 is 0. The van der Waals surface area contributed by atoms with Crippen molar-refractivity contribution in [2.24, 2.45) is 0 Å². The highest BCUT2D eigenvalue weighted by molar-refractivity contribution is 7.89. The van der Waals surface area contributed by atoms with Crippen molar-refractivity contribution < 1.29 is 22.6 Å². The minimum atomic E-state index is -3.72. The Labute approximate surface area is 166 Å². The predicted molar refractivity (Wildman–Crippen MR) is 106 cm³/mol. The van der Waals surface area contributed by atoms with Crippen molar-refractivity contribution in [3.8, 4) is 17.2 Å². The lowest BCUT2D eigenvalue weighted by atomic mass is 9.93. The Kier molecular flexibility index (Phi) is 6.41. The maximum atomic E-state index is 12.9. The molecule has 2 aromatic rings. The third-order valence-corrected chi connectivity index (χ3v) is 6.45. The average Bonchev–Trinajstić information content (AvgIpc) is 2.70. The lowest BCUT2D eigenvalue weighted by Gasteiger charge is -2.29. The number of hydrogen-bond acceptors (Lipinski definition) is 6. The molecule has 3 rings (SSSR count). The summed E-state index contributed by atoms with van der Waals surface area (Å²) in [5.74, 6) is 1.54. The zero-order valence-electron chi connectivity index (χ0n) is 16.3. The number of hydrogen-bond donors (Lipinski definition) is 1. The van der Waals surface area contributed by atoms with Crippen molar-refractivity contribution >= 4 is 10.0 Å². The van der Waals surface area contributed by atoms with Crippen LogP contribution in [0.2, 0.25) is 0 Å². The fourth-order valence-corrected chi connectivity index (χ4v) is 4.84. The Morgan fingerprint density at radius 1 is 1.04 bits per heavy atom. The van der Waals surface area contributed by atoms with Gasteiger partial charge in [0.25, 0.3) is 0 Å². The van der Waals surface area contributed by atoms with Crippen LogP contribution in [0.15, 0.2) is 41.4 Å². The summed E-state index contributed by atoms with van der Waals surface area (Å²) in [7, 11) is -0.779. The molecule has 8 heteroatoms. The first-order valence-corrected chi connectivity index (χ1v) is 10.7. The van der Waals surface area contributed by atoms with Crippen LogP contribution in [0.4, 0.5) is 0 Å². The topological polar surface area (TPSA) is 86.8 Å². The number of pyridine rings is 1. The van der Waals surface area contributed by atoms with E-state index in [0.717, 1.165) is 24.3 Å². The van der Waals surface area contributed by atoms with E-state index in [-0.39, 0.29) is 22.8 Å². The van der Waals surface area contributed by atoms with Gasteiger partial charge in [-0.2, -0.15) is 0 Å². The molecule has 0 saturated heterocycles. The fraction of sp³-hybridized carbons (Fsp3) is 0.450. The van der Waals surface area contributed by atoms with Gasteiger partial charge in [-0.05, 0) is 56.9 Å². The van der Waals surface area contributed by atoms with Gasteiger partial charge in [0.1, 0.15) is 22.1 Å². The summed E-state index contributed by atoms with van der Waals surface area (Å²) in [5, 5.41) is 0. The van der Waals surface area contributed by atoms with Crippen LogP contribution in [0.3, 0.4) is 0 Å². The number of ether oxygens (including phenoxy) is 3. The van der Waals surface area contributed by atoms with Crippen molar-refractivity contribution in [1.29, 1.82) is 0 Å². The van der Waals surface area contributed by atoms with Crippen molar-refractivity contribution in [3.05, 3.63) is 42.2 Å². The van der Waals surface area contributed by atoms with Gasteiger partial charge in [0, 0.05) is 18.3 Å². The Bertz CT molecular complexity index is 909. The summed E-state index contributed by atoms with van der Waals surface area (Å²) in [5.41, 5.74) is 0.857. The molecule has 0 radical (unpaired) electrons. The molecule has 7 nitrogen and oxygen atoms in total. The number of sulfonamides is 1. The van der Waals surface area contributed by atoms with Gasteiger partial charge >= 0.3 is 0 Å². The molecule has 0 unspecified atom stereocenters. The van der Waals surface area contributed by atoms with Gasteiger partial charge in [0.2, 0.25) is 10.0 Å². The van der Waals surface area contributed by atoms with E-state index in [1.807, 2.05) is 19.1 Å². The molecule has 1 aliphatic rings. The van der Waals surface area contributed by atoms with E-state index in [9.17, 15) is 8.42 Å². The van der Waals surface area contributed by atoms with Gasteiger partial charge in [0.05, 0.1) is 26.0 Å². The van der Waals surface area contributed by atoms with Gasteiger partial charge in [-0.15, -0.1) is 0 Å². The van der Waals surface area contributed by atoms with Gasteiger partial charge in [-0.1, -0.05) is 0 Å². The van der Waals surface area contributed by atoms with Crippen LogP contribution in [-0.4, -0.2) is 39.8 Å². The molecule has 1 fully saturated rings. The molecule has 1 aromatic carbocycles. The minimum Gasteiger partial charge on any atom is -0.497 e. The number of nitrogens with zero attached hydrogens (tertiary/aromatic N) is 1. The summed E-state index contributed by atoms with van der Waals surface area (Å²) in [6.45, 7) is 1.91. The highest BCUT2D eigenvalue weighted by Gasteiger charge is 2.28. The third kappa shape index (κ3) is 4.74. The molecule has 152 valence electrons. The Morgan fingerprint density at radius 2 is 1.79 bits per heavy atom. The molecule has 1 saturated carbocycles. The van der Waals surface area contributed by atoms with Gasteiger partial charge in [-0.25, -0.2) is 13.1 Å². The largest absolute Gasteiger partial charge is 0.497 e. The Hall–Kier alpha value is -2.32. The number of rotatable bonds is 7. The van der Waals surface area contributed by atoms with Crippen LogP contribution in [-0.2, 0) is 10.0 Å². The minimum absolute atomic E-state index is 0.0648. The van der Waals surface area contributed by atoms with Crippen molar-refractivity contribution in [2.75, 3.05) is 14.2 Å². The second-order valence-electron chi connectivity index (χ2n) is 6.82. The second kappa shape index (κ2) is 8.79. The zero-order valence-corrected chi connectivity index (χ0v) is 17.2. The average molecular weight is 407 g/mol. The van der Waals surface area contributed by atoms with E-state index >= 15 is 0 Å². The summed E-state index contributed by atoms with van der Waals surface area (Å²) in [4.78, 5) is 4.32. The SMILES string of the molecule is COc1ccc(OC)c(S(=O)(=O)NC2CCC(Oc3cccnc3C)CC2)c1. The van der Waals surface area contributed by atoms with Crippen LogP contribution >= 0.6 is 0 Å². The van der Waals surface area contributed by atoms with Gasteiger partial charge in [-0.3, -0.25) is 4.98 Å². The van der Waals surface area contributed by atoms with Crippen molar-refractivity contribution in [3.63, 3.8) is 0 Å². The fourth-order valence-electron chi connectivity index (χ4n) is 3.35. The van der Waals surface area contributed by atoms with E-state index in [4.69, 9.17) is 14.2 Å². The van der Waals surface area contributed by atoms with Gasteiger partial charge < -0.3 is 14.2 Å². The molecule has 0 atom stereocenters. The molecular weight excluding hydrogens is 380 g/mol. The van der Waals surface area contributed by atoms with Crippen molar-refractivity contribution in [1.82, 2.24) is 9.71 Å². The van der Waals surface area contributed by atoms with Crippen LogP contribution in [0.5, 0.6) is 17.2 Å². The molecule has 28 heavy (non-hydrogen) atoms. The van der Waals surface area contributed by atoms with Crippen LogP contribution in [0.25, 0.3) is 0 Å². The lowest BCUT2D eigenvalue weighted by Crippen LogP contribution is -2.39. The number of aromatic nitrogens is 1. The third-order valence-electron chi connectivity index (χ3n) is 4.91. The molecule has 1 aromatic heterocycles. The molecule has 0 aliphatic heterocycles. The monoisotopic (exact) mass is 406 g/mol. The van der Waals surface area contributed by atoms with E-state index < -0.39 is 10.0 Å². The summed E-state index contributed by atoms with van der Waals surface area (Å²) in [6.07, 6.45) is 4.76. The van der Waals surface area contributed by atoms with Gasteiger partial charge in [0.15, 0.2) is 0 Å². The highest BCUT2D eigenvalue weighted by Crippen LogP contribution is 2.30. The maximum absolute atomic E-state index is 12.9. The quantitative estimate of drug-likeness (QED) is 0.760. The molecule has 1 heterocycles. The first-order valence-electron chi connectivity index (χ1n) is 9.25. The van der Waals surface area contributed by atoms with Crippen LogP contribution in [0, 0.1) is 6.92 Å². The zero-order chi connectivity index (χ0) is 20.1. The maximum Gasteiger partial charge on any atom is 0.244 e. The van der Waals surface area contributed by atoms with Crippen LogP contribution < -0.4 is 18.9 Å². The van der Waals surface area contributed by atoms with Crippen LogP contribution in [0.1, 0.15) is 31.4 Å². The Morgan fingerprint density at radius 3 is 2.43 bits per heavy atom. The standard InChI is InChI=1S/C20H26N2O5S/c1-14-18(5-4-12-21-14)27-16-8-6-15(7-9-16)22-28(23,24)20-13-17(25-2)10-11-19(20)26-3/h4-5,10-13,15-16,22H,6-9H2,1-3H3. The summed E-state index contributed by atoms with van der Waals surface area (Å²) in [6, 6.07) is 8.35. The smallest absolute Gasteiger partial charge is 0.244 e. The van der Waals surface area contributed by atoms with E-state index in [1.54, 1.807) is 18.3 Å². The van der Waals surface area contributed by atoms with E-state index in [1.165, 1.54) is 20.3 Å². The first-order chi connectivity index (χ1) is 13.4. The predicted octanol–water partition coefficient (Wildman–Crippen LogP) is 3.08. The van der Waals surface area contributed by atoms with E-state index in [0.29, 0.717) is 18.6 Å². The van der Waals surface area contributed by atoms with E-state index in [2.05, 4.69) is 9.71 Å². The molecule has 0 bridgehead atoms. The molecule has 1 aliphatic carbocycles. The first kappa shape index (κ1) is 20.4. The number of methoxy groups -OCH3 is 2. The molecule has 1 N–H and O–H groups in total. The second-order valence-corrected chi connectivity index (χ2v) is 8.50. The Balaban J connectivity index is 1.63. The molecular formula is C20H26N2O5S. The number of aryl methyl sites for hydroxylation is 1. The number of benzene rings is 1. The highest BCUT2D eigenvalue weighted by atomic mass is 32.2. The summed E-state index contributed by atoms with van der Waals surface area (Å²) < 4.78 is 45.0. The lowest BCUT2D eigenvalue weighted by molar-refractivity contribution is 0.142. The molecule has 0 spiro atoms. The number of nitrogens with one attached hydrogen (secondary N) is 1. The molecule has 0 amide bonds.